The zero-order valence-electron chi connectivity index (χ0n) is 11.8. The first-order valence-corrected chi connectivity index (χ1v) is 8.69. The van der Waals surface area contributed by atoms with E-state index in [4.69, 9.17) is 9.47 Å². The standard InChI is InChI=1S/C12H23NO4S2/c1-11(14)16-7-9-18-19-10-8-17-12(15)5-4-6-13(2)3/h4-10H2,1-3H3. The first kappa shape index (κ1) is 18.6. The summed E-state index contributed by atoms with van der Waals surface area (Å²) < 4.78 is 9.88. The van der Waals surface area contributed by atoms with Crippen LogP contribution in [0.2, 0.25) is 0 Å². The summed E-state index contributed by atoms with van der Waals surface area (Å²) in [5.74, 6) is 1.12. The minimum absolute atomic E-state index is 0.132. The molecular formula is C12H23NO4S2. The van der Waals surface area contributed by atoms with Crippen LogP contribution in [0.1, 0.15) is 19.8 Å². The number of carbonyl (C=O) groups is 2. The molecule has 0 rings (SSSR count). The van der Waals surface area contributed by atoms with E-state index >= 15 is 0 Å². The van der Waals surface area contributed by atoms with Crippen LogP contribution in [-0.2, 0) is 19.1 Å². The fourth-order valence-electron chi connectivity index (χ4n) is 1.14. The second-order valence-corrected chi connectivity index (χ2v) is 6.81. The molecule has 0 aliphatic rings. The molecule has 0 fully saturated rings. The average molecular weight is 309 g/mol. The molecule has 0 aliphatic carbocycles. The van der Waals surface area contributed by atoms with Crippen LogP contribution in [0, 0.1) is 0 Å². The Hall–Kier alpha value is -0.400. The maximum Gasteiger partial charge on any atom is 0.305 e. The highest BCUT2D eigenvalue weighted by molar-refractivity contribution is 8.76. The summed E-state index contributed by atoms with van der Waals surface area (Å²) in [6.07, 6.45) is 1.30. The Balaban J connectivity index is 3.20. The summed E-state index contributed by atoms with van der Waals surface area (Å²) in [6.45, 7) is 3.16. The second-order valence-electron chi connectivity index (χ2n) is 4.11. The van der Waals surface area contributed by atoms with Crippen molar-refractivity contribution in [1.29, 1.82) is 0 Å². The molecule has 0 aliphatic heterocycles. The summed E-state index contributed by atoms with van der Waals surface area (Å²) in [7, 11) is 7.19. The number of esters is 2. The van der Waals surface area contributed by atoms with Crippen LogP contribution < -0.4 is 0 Å². The predicted molar refractivity (Wildman–Crippen MR) is 80.3 cm³/mol. The van der Waals surface area contributed by atoms with E-state index in [-0.39, 0.29) is 11.9 Å². The van der Waals surface area contributed by atoms with Crippen LogP contribution in [0.25, 0.3) is 0 Å². The quantitative estimate of drug-likeness (QED) is 0.328. The van der Waals surface area contributed by atoms with E-state index in [1.165, 1.54) is 6.92 Å². The molecule has 0 saturated carbocycles. The summed E-state index contributed by atoms with van der Waals surface area (Å²) in [6, 6.07) is 0. The van der Waals surface area contributed by atoms with E-state index < -0.39 is 0 Å². The van der Waals surface area contributed by atoms with Crippen molar-refractivity contribution in [2.45, 2.75) is 19.8 Å². The minimum atomic E-state index is -0.253. The van der Waals surface area contributed by atoms with Gasteiger partial charge in [0.2, 0.25) is 0 Å². The molecule has 0 amide bonds. The first-order chi connectivity index (χ1) is 9.02. The lowest BCUT2D eigenvalue weighted by Gasteiger charge is -2.08. The summed E-state index contributed by atoms with van der Waals surface area (Å²) >= 11 is 0. The Morgan fingerprint density at radius 1 is 1.05 bits per heavy atom. The third kappa shape index (κ3) is 15.5. The maximum absolute atomic E-state index is 11.3. The van der Waals surface area contributed by atoms with Gasteiger partial charge in [-0.25, -0.2) is 0 Å². The fraction of sp³-hybridized carbons (Fsp3) is 0.833. The van der Waals surface area contributed by atoms with Gasteiger partial charge in [0, 0.05) is 24.9 Å². The molecule has 7 heteroatoms. The number of carbonyl (C=O) groups excluding carboxylic acids is 2. The van der Waals surface area contributed by atoms with Gasteiger partial charge in [0.1, 0.15) is 13.2 Å². The van der Waals surface area contributed by atoms with Crippen molar-refractivity contribution in [2.75, 3.05) is 45.4 Å². The number of hydrogen-bond acceptors (Lipinski definition) is 7. The van der Waals surface area contributed by atoms with Crippen molar-refractivity contribution < 1.29 is 19.1 Å². The SMILES string of the molecule is CC(=O)OCCSSCCOC(=O)CCCN(C)C. The van der Waals surface area contributed by atoms with Crippen LogP contribution >= 0.6 is 21.6 Å². The van der Waals surface area contributed by atoms with Gasteiger partial charge in [0.05, 0.1) is 0 Å². The number of rotatable bonds is 11. The monoisotopic (exact) mass is 309 g/mol. The van der Waals surface area contributed by atoms with Crippen LogP contribution in [-0.4, -0.2) is 62.2 Å². The molecular weight excluding hydrogens is 286 g/mol. The van der Waals surface area contributed by atoms with Crippen molar-refractivity contribution >= 4 is 33.5 Å². The highest BCUT2D eigenvalue weighted by Crippen LogP contribution is 2.20. The van der Waals surface area contributed by atoms with Gasteiger partial charge in [-0.05, 0) is 27.1 Å². The Kier molecular flexibility index (Phi) is 12.4. The van der Waals surface area contributed by atoms with Crippen LogP contribution in [0.3, 0.4) is 0 Å². The van der Waals surface area contributed by atoms with E-state index in [1.807, 2.05) is 19.0 Å². The van der Waals surface area contributed by atoms with Crippen LogP contribution in [0.15, 0.2) is 0 Å². The van der Waals surface area contributed by atoms with E-state index in [2.05, 4.69) is 0 Å². The lowest BCUT2D eigenvalue weighted by Crippen LogP contribution is -2.15. The summed E-state index contributed by atoms with van der Waals surface area (Å²) in [5, 5.41) is 0. The van der Waals surface area contributed by atoms with Gasteiger partial charge in [-0.15, -0.1) is 0 Å². The van der Waals surface area contributed by atoms with Crippen molar-refractivity contribution in [2.24, 2.45) is 0 Å². The molecule has 0 aromatic heterocycles. The van der Waals surface area contributed by atoms with E-state index in [0.29, 0.717) is 19.6 Å². The molecule has 112 valence electrons. The smallest absolute Gasteiger partial charge is 0.305 e. The highest BCUT2D eigenvalue weighted by atomic mass is 33.1. The van der Waals surface area contributed by atoms with Gasteiger partial charge in [0.25, 0.3) is 0 Å². The minimum Gasteiger partial charge on any atom is -0.465 e. The molecule has 0 bridgehead atoms. The third-order valence-corrected chi connectivity index (χ3v) is 4.30. The maximum atomic E-state index is 11.3. The lowest BCUT2D eigenvalue weighted by atomic mass is 10.3. The molecule has 19 heavy (non-hydrogen) atoms. The number of nitrogens with zero attached hydrogens (tertiary/aromatic N) is 1. The first-order valence-electron chi connectivity index (χ1n) is 6.20. The second kappa shape index (κ2) is 12.6. The lowest BCUT2D eigenvalue weighted by molar-refractivity contribution is -0.143. The van der Waals surface area contributed by atoms with Crippen molar-refractivity contribution in [3.8, 4) is 0 Å². The summed E-state index contributed by atoms with van der Waals surface area (Å²) in [4.78, 5) is 23.8. The van der Waals surface area contributed by atoms with E-state index in [1.54, 1.807) is 21.6 Å². The third-order valence-electron chi connectivity index (χ3n) is 1.97. The normalized spacial score (nSPS) is 10.5. The average Bonchev–Trinajstić information content (AvgIpc) is 2.31. The Morgan fingerprint density at radius 3 is 2.16 bits per heavy atom. The number of ether oxygens (including phenoxy) is 2. The molecule has 0 saturated heterocycles. The largest absolute Gasteiger partial charge is 0.465 e. The Bertz CT molecular complexity index is 262. The zero-order chi connectivity index (χ0) is 14.5. The molecule has 0 spiro atoms. The molecule has 0 aromatic rings. The zero-order valence-corrected chi connectivity index (χ0v) is 13.5. The van der Waals surface area contributed by atoms with Gasteiger partial charge < -0.3 is 14.4 Å². The van der Waals surface area contributed by atoms with Gasteiger partial charge >= 0.3 is 11.9 Å². The molecule has 0 unspecified atom stereocenters. The fourth-order valence-corrected chi connectivity index (χ4v) is 2.79. The molecule has 0 heterocycles. The molecule has 0 N–H and O–H groups in total. The molecule has 0 aromatic carbocycles. The molecule has 5 nitrogen and oxygen atoms in total. The Labute approximate surface area is 123 Å². The van der Waals surface area contributed by atoms with Gasteiger partial charge in [0.15, 0.2) is 0 Å². The van der Waals surface area contributed by atoms with E-state index in [9.17, 15) is 9.59 Å². The van der Waals surface area contributed by atoms with Crippen molar-refractivity contribution in [3.05, 3.63) is 0 Å². The molecule has 0 radical (unpaired) electrons. The van der Waals surface area contributed by atoms with Crippen LogP contribution in [0.5, 0.6) is 0 Å². The topological polar surface area (TPSA) is 55.8 Å². The van der Waals surface area contributed by atoms with Gasteiger partial charge in [-0.2, -0.15) is 0 Å². The molecule has 0 atom stereocenters. The van der Waals surface area contributed by atoms with Crippen molar-refractivity contribution in [3.63, 3.8) is 0 Å². The van der Waals surface area contributed by atoms with Gasteiger partial charge in [-0.1, -0.05) is 21.6 Å². The Morgan fingerprint density at radius 2 is 1.63 bits per heavy atom. The predicted octanol–water partition coefficient (Wildman–Crippen LogP) is 1.82. The van der Waals surface area contributed by atoms with Crippen LogP contribution in [0.4, 0.5) is 0 Å². The van der Waals surface area contributed by atoms with Gasteiger partial charge in [-0.3, -0.25) is 9.59 Å². The highest BCUT2D eigenvalue weighted by Gasteiger charge is 2.03. The summed E-state index contributed by atoms with van der Waals surface area (Å²) in [5.41, 5.74) is 0. The van der Waals surface area contributed by atoms with Crippen molar-refractivity contribution in [1.82, 2.24) is 4.90 Å². The van der Waals surface area contributed by atoms with E-state index in [0.717, 1.165) is 24.5 Å². The number of hydrogen-bond donors (Lipinski definition) is 0.